The fourth-order valence-electron chi connectivity index (χ4n) is 2.51. The first-order chi connectivity index (χ1) is 9.29. The molecular weight excluding hydrogens is 236 g/mol. The van der Waals surface area contributed by atoms with Crippen LogP contribution in [0.4, 0.5) is 0 Å². The van der Waals surface area contributed by atoms with E-state index < -0.39 is 0 Å². The molecule has 0 bridgehead atoms. The first kappa shape index (κ1) is 16.2. The molecule has 0 amide bonds. The van der Waals surface area contributed by atoms with Crippen molar-refractivity contribution in [2.45, 2.75) is 84.3 Å². The highest BCUT2D eigenvalue weighted by molar-refractivity contribution is 5.04. The van der Waals surface area contributed by atoms with Gasteiger partial charge >= 0.3 is 0 Å². The molecule has 3 heteroatoms. The number of aromatic nitrogens is 2. The SMILES string of the molecule is CCCCCCCCCCC(O)c1ccnn1CC. The lowest BCUT2D eigenvalue weighted by atomic mass is 10.0. The fraction of sp³-hybridized carbons (Fsp3) is 0.812. The zero-order valence-corrected chi connectivity index (χ0v) is 12.6. The van der Waals surface area contributed by atoms with Crippen LogP contribution in [0.1, 0.15) is 83.4 Å². The van der Waals surface area contributed by atoms with Gasteiger partial charge in [0.15, 0.2) is 0 Å². The Hall–Kier alpha value is -0.830. The molecule has 0 aliphatic heterocycles. The standard InChI is InChI=1S/C16H30N2O/c1-3-5-6-7-8-9-10-11-12-16(19)15-13-14-17-18(15)4-2/h13-14,16,19H,3-12H2,1-2H3. The number of unbranched alkanes of at least 4 members (excludes halogenated alkanes) is 7. The van der Waals surface area contributed by atoms with Crippen LogP contribution in [-0.2, 0) is 6.54 Å². The zero-order chi connectivity index (χ0) is 13.9. The highest BCUT2D eigenvalue weighted by atomic mass is 16.3. The van der Waals surface area contributed by atoms with Crippen LogP contribution in [0.2, 0.25) is 0 Å². The van der Waals surface area contributed by atoms with E-state index in [-0.39, 0.29) is 6.10 Å². The highest BCUT2D eigenvalue weighted by Gasteiger charge is 2.11. The Morgan fingerprint density at radius 2 is 1.68 bits per heavy atom. The Morgan fingerprint density at radius 1 is 1.05 bits per heavy atom. The van der Waals surface area contributed by atoms with Crippen molar-refractivity contribution in [3.05, 3.63) is 18.0 Å². The Bertz CT molecular complexity index is 322. The van der Waals surface area contributed by atoms with Crippen molar-refractivity contribution in [3.8, 4) is 0 Å². The summed E-state index contributed by atoms with van der Waals surface area (Å²) in [6, 6.07) is 1.93. The lowest BCUT2D eigenvalue weighted by Crippen LogP contribution is -2.07. The van der Waals surface area contributed by atoms with Gasteiger partial charge in [-0.15, -0.1) is 0 Å². The van der Waals surface area contributed by atoms with Crippen molar-refractivity contribution in [2.24, 2.45) is 0 Å². The minimum Gasteiger partial charge on any atom is -0.387 e. The molecule has 1 aromatic rings. The summed E-state index contributed by atoms with van der Waals surface area (Å²) in [5.74, 6) is 0. The van der Waals surface area contributed by atoms with E-state index in [0.29, 0.717) is 0 Å². The van der Waals surface area contributed by atoms with Crippen LogP contribution >= 0.6 is 0 Å². The Balaban J connectivity index is 2.06. The van der Waals surface area contributed by atoms with Crippen molar-refractivity contribution in [2.75, 3.05) is 0 Å². The van der Waals surface area contributed by atoms with Crippen LogP contribution in [0, 0.1) is 0 Å². The second-order valence-corrected chi connectivity index (χ2v) is 5.35. The summed E-state index contributed by atoms with van der Waals surface area (Å²) in [5.41, 5.74) is 0.963. The molecule has 0 saturated heterocycles. The molecule has 3 nitrogen and oxygen atoms in total. The summed E-state index contributed by atoms with van der Waals surface area (Å²) in [4.78, 5) is 0. The van der Waals surface area contributed by atoms with E-state index >= 15 is 0 Å². The van der Waals surface area contributed by atoms with Gasteiger partial charge in [-0.25, -0.2) is 0 Å². The second kappa shape index (κ2) is 10.0. The smallest absolute Gasteiger partial charge is 0.0956 e. The third kappa shape index (κ3) is 6.24. The predicted octanol–water partition coefficient (Wildman–Crippen LogP) is 4.47. The number of aliphatic hydroxyl groups excluding tert-OH is 1. The first-order valence-corrected chi connectivity index (χ1v) is 7.99. The van der Waals surface area contributed by atoms with Crippen LogP contribution < -0.4 is 0 Å². The van der Waals surface area contributed by atoms with Gasteiger partial charge in [0, 0.05) is 12.7 Å². The van der Waals surface area contributed by atoms with Gasteiger partial charge in [0.1, 0.15) is 0 Å². The average Bonchev–Trinajstić information content (AvgIpc) is 2.90. The molecule has 0 aromatic carbocycles. The molecule has 1 aromatic heterocycles. The van der Waals surface area contributed by atoms with Crippen molar-refractivity contribution >= 4 is 0 Å². The summed E-state index contributed by atoms with van der Waals surface area (Å²) in [5, 5.41) is 14.3. The molecule has 1 unspecified atom stereocenters. The van der Waals surface area contributed by atoms with Crippen molar-refractivity contribution in [1.29, 1.82) is 0 Å². The molecule has 1 heterocycles. The number of rotatable bonds is 11. The zero-order valence-electron chi connectivity index (χ0n) is 12.6. The first-order valence-electron chi connectivity index (χ1n) is 7.99. The molecule has 0 aliphatic carbocycles. The van der Waals surface area contributed by atoms with Crippen molar-refractivity contribution in [3.63, 3.8) is 0 Å². The van der Waals surface area contributed by atoms with E-state index in [1.807, 2.05) is 10.7 Å². The largest absolute Gasteiger partial charge is 0.387 e. The summed E-state index contributed by atoms with van der Waals surface area (Å²) >= 11 is 0. The van der Waals surface area contributed by atoms with Gasteiger partial charge in [0.2, 0.25) is 0 Å². The molecule has 110 valence electrons. The third-order valence-electron chi connectivity index (χ3n) is 3.72. The van der Waals surface area contributed by atoms with Gasteiger partial charge in [0.25, 0.3) is 0 Å². The number of hydrogen-bond acceptors (Lipinski definition) is 2. The van der Waals surface area contributed by atoms with Gasteiger partial charge in [-0.2, -0.15) is 5.10 Å². The molecule has 1 rings (SSSR count). The highest BCUT2D eigenvalue weighted by Crippen LogP contribution is 2.20. The second-order valence-electron chi connectivity index (χ2n) is 5.35. The fourth-order valence-corrected chi connectivity index (χ4v) is 2.51. The Labute approximate surface area is 118 Å². The van der Waals surface area contributed by atoms with E-state index in [1.165, 1.54) is 44.9 Å². The maximum absolute atomic E-state index is 10.1. The lowest BCUT2D eigenvalue weighted by molar-refractivity contribution is 0.152. The molecular formula is C16H30N2O. The minimum absolute atomic E-state index is 0.345. The van der Waals surface area contributed by atoms with Gasteiger partial charge in [-0.1, -0.05) is 58.3 Å². The monoisotopic (exact) mass is 266 g/mol. The maximum Gasteiger partial charge on any atom is 0.0956 e. The van der Waals surface area contributed by atoms with Gasteiger partial charge in [-0.3, -0.25) is 4.68 Å². The topological polar surface area (TPSA) is 38.1 Å². The van der Waals surface area contributed by atoms with Gasteiger partial charge in [0.05, 0.1) is 11.8 Å². The summed E-state index contributed by atoms with van der Waals surface area (Å²) in [6.45, 7) is 5.14. The molecule has 0 spiro atoms. The van der Waals surface area contributed by atoms with Crippen LogP contribution in [0.25, 0.3) is 0 Å². The summed E-state index contributed by atoms with van der Waals surface area (Å²) in [7, 11) is 0. The molecule has 0 saturated carbocycles. The van der Waals surface area contributed by atoms with E-state index in [2.05, 4.69) is 18.9 Å². The van der Waals surface area contributed by atoms with E-state index in [4.69, 9.17) is 0 Å². The van der Waals surface area contributed by atoms with Crippen LogP contribution in [0.3, 0.4) is 0 Å². The number of hydrogen-bond donors (Lipinski definition) is 1. The van der Waals surface area contributed by atoms with E-state index in [0.717, 1.165) is 25.1 Å². The Morgan fingerprint density at radius 3 is 2.32 bits per heavy atom. The summed E-state index contributed by atoms with van der Waals surface area (Å²) in [6.07, 6.45) is 12.8. The Kier molecular flexibility index (Phi) is 8.55. The quantitative estimate of drug-likeness (QED) is 0.600. The molecule has 1 atom stereocenters. The van der Waals surface area contributed by atoms with E-state index in [9.17, 15) is 5.11 Å². The molecule has 0 aliphatic rings. The van der Waals surface area contributed by atoms with Crippen LogP contribution in [-0.4, -0.2) is 14.9 Å². The number of aryl methyl sites for hydroxylation is 1. The lowest BCUT2D eigenvalue weighted by Gasteiger charge is -2.12. The summed E-state index contributed by atoms with van der Waals surface area (Å²) < 4.78 is 1.88. The normalized spacial score (nSPS) is 12.8. The predicted molar refractivity (Wildman–Crippen MR) is 80.1 cm³/mol. The van der Waals surface area contributed by atoms with Gasteiger partial charge < -0.3 is 5.11 Å². The number of nitrogens with zero attached hydrogens (tertiary/aromatic N) is 2. The van der Waals surface area contributed by atoms with Crippen LogP contribution in [0.5, 0.6) is 0 Å². The van der Waals surface area contributed by atoms with Crippen molar-refractivity contribution < 1.29 is 5.11 Å². The molecule has 0 fully saturated rings. The maximum atomic E-state index is 10.1. The number of aliphatic hydroxyl groups is 1. The third-order valence-corrected chi connectivity index (χ3v) is 3.72. The van der Waals surface area contributed by atoms with Gasteiger partial charge in [-0.05, 0) is 19.4 Å². The van der Waals surface area contributed by atoms with Crippen molar-refractivity contribution in [1.82, 2.24) is 9.78 Å². The average molecular weight is 266 g/mol. The van der Waals surface area contributed by atoms with E-state index in [1.54, 1.807) is 6.20 Å². The molecule has 19 heavy (non-hydrogen) atoms. The minimum atomic E-state index is -0.345. The van der Waals surface area contributed by atoms with Crippen LogP contribution in [0.15, 0.2) is 12.3 Å². The molecule has 0 radical (unpaired) electrons. The molecule has 1 N–H and O–H groups in total.